The van der Waals surface area contributed by atoms with Gasteiger partial charge in [-0.3, -0.25) is 0 Å². The molecule has 0 radical (unpaired) electrons. The third kappa shape index (κ3) is 4.01. The molecule has 0 bridgehead atoms. The molecule has 0 saturated carbocycles. The average Bonchev–Trinajstić information content (AvgIpc) is 3.16. The topological polar surface area (TPSA) is 72.8 Å². The van der Waals surface area contributed by atoms with E-state index in [2.05, 4.69) is 0 Å². The van der Waals surface area contributed by atoms with Crippen molar-refractivity contribution in [2.75, 3.05) is 0 Å². The molecule has 0 atom stereocenters. The number of fused-ring (bicyclic) bond motifs is 1. The van der Waals surface area contributed by atoms with E-state index >= 15 is 0 Å². The molecular weight excluding hydrogens is 413 g/mol. The summed E-state index contributed by atoms with van der Waals surface area (Å²) in [5, 5.41) is 10.8. The highest BCUT2D eigenvalue weighted by Crippen LogP contribution is 2.35. The lowest BCUT2D eigenvalue weighted by Crippen LogP contribution is -2.05. The molecule has 5 nitrogen and oxygen atoms in total. The Morgan fingerprint density at radius 3 is 2.35 bits per heavy atom. The molecule has 1 N–H and O–H groups in total. The van der Waals surface area contributed by atoms with Crippen LogP contribution in [0.25, 0.3) is 22.5 Å². The maximum atomic E-state index is 12.7. The van der Waals surface area contributed by atoms with Crippen LogP contribution in [-0.4, -0.2) is 5.11 Å². The summed E-state index contributed by atoms with van der Waals surface area (Å²) in [5.74, 6) is 0.758. The van der Waals surface area contributed by atoms with Crippen molar-refractivity contribution >= 4 is 11.0 Å². The quantitative estimate of drug-likeness (QED) is 0.432. The Morgan fingerprint density at radius 2 is 1.68 bits per heavy atom. The zero-order valence-electron chi connectivity index (χ0n) is 16.5. The molecule has 8 heteroatoms. The van der Waals surface area contributed by atoms with Crippen LogP contribution in [0.2, 0.25) is 0 Å². The number of furan rings is 1. The number of aromatic hydroxyl groups is 1. The number of ether oxygens (including phenoxy) is 1. The molecule has 4 aromatic rings. The van der Waals surface area contributed by atoms with Gasteiger partial charge in [0.2, 0.25) is 0 Å². The first-order chi connectivity index (χ1) is 14.6. The van der Waals surface area contributed by atoms with E-state index in [-0.39, 0.29) is 29.4 Å². The smallest absolute Gasteiger partial charge is 0.416 e. The molecule has 2 heterocycles. The molecule has 0 aliphatic heterocycles. The van der Waals surface area contributed by atoms with E-state index in [1.807, 2.05) is 0 Å². The van der Waals surface area contributed by atoms with Crippen molar-refractivity contribution in [1.29, 1.82) is 0 Å². The molecule has 0 aliphatic rings. The summed E-state index contributed by atoms with van der Waals surface area (Å²) in [5.41, 5.74) is 0.241. The van der Waals surface area contributed by atoms with Gasteiger partial charge in [-0.1, -0.05) is 12.1 Å². The third-order valence-corrected chi connectivity index (χ3v) is 4.95. The summed E-state index contributed by atoms with van der Waals surface area (Å²) < 4.78 is 54.7. The van der Waals surface area contributed by atoms with Gasteiger partial charge in [-0.05, 0) is 55.8 Å². The first-order valence-corrected chi connectivity index (χ1v) is 9.29. The molecule has 2 aromatic carbocycles. The Bertz CT molecular complexity index is 1310. The number of rotatable bonds is 4. The molecule has 0 aliphatic carbocycles. The lowest BCUT2D eigenvalue weighted by molar-refractivity contribution is -0.137. The van der Waals surface area contributed by atoms with Crippen LogP contribution in [-0.2, 0) is 12.8 Å². The van der Waals surface area contributed by atoms with Crippen molar-refractivity contribution < 1.29 is 31.8 Å². The Balaban J connectivity index is 1.57. The lowest BCUT2D eigenvalue weighted by Gasteiger charge is -2.09. The van der Waals surface area contributed by atoms with Crippen molar-refractivity contribution in [1.82, 2.24) is 0 Å². The van der Waals surface area contributed by atoms with Crippen LogP contribution in [0.5, 0.6) is 11.5 Å². The van der Waals surface area contributed by atoms with Gasteiger partial charge in [-0.2, -0.15) is 13.2 Å². The zero-order chi connectivity index (χ0) is 22.3. The minimum absolute atomic E-state index is 0.0914. The average molecular weight is 430 g/mol. The summed E-state index contributed by atoms with van der Waals surface area (Å²) in [7, 11) is 0. The minimum atomic E-state index is -4.38. The third-order valence-electron chi connectivity index (χ3n) is 4.95. The van der Waals surface area contributed by atoms with Gasteiger partial charge in [0.05, 0.1) is 11.1 Å². The van der Waals surface area contributed by atoms with Gasteiger partial charge in [-0.15, -0.1) is 0 Å². The van der Waals surface area contributed by atoms with Gasteiger partial charge in [0, 0.05) is 10.9 Å². The second kappa shape index (κ2) is 7.54. The van der Waals surface area contributed by atoms with E-state index < -0.39 is 17.4 Å². The molecule has 0 spiro atoms. The van der Waals surface area contributed by atoms with Gasteiger partial charge in [0.15, 0.2) is 11.5 Å². The Kier molecular flexibility index (Phi) is 5.00. The van der Waals surface area contributed by atoms with E-state index in [0.717, 1.165) is 12.1 Å². The van der Waals surface area contributed by atoms with Crippen molar-refractivity contribution in [2.24, 2.45) is 0 Å². The molecule has 0 saturated heterocycles. The number of alkyl halides is 3. The second-order valence-electron chi connectivity index (χ2n) is 7.11. The largest absolute Gasteiger partial charge is 0.507 e. The van der Waals surface area contributed by atoms with Crippen LogP contribution in [0.3, 0.4) is 0 Å². The normalized spacial score (nSPS) is 11.8. The molecule has 0 amide bonds. The fraction of sp³-hybridized carbons (Fsp3) is 0.174. The Hall–Kier alpha value is -3.68. The predicted octanol–water partition coefficient (Wildman–Crippen LogP) is 5.97. The fourth-order valence-electron chi connectivity index (χ4n) is 3.15. The highest BCUT2D eigenvalue weighted by atomic mass is 19.4. The van der Waals surface area contributed by atoms with Crippen LogP contribution in [0.1, 0.15) is 22.3 Å². The van der Waals surface area contributed by atoms with Crippen molar-refractivity contribution in [3.63, 3.8) is 0 Å². The zero-order valence-corrected chi connectivity index (χ0v) is 16.5. The minimum Gasteiger partial charge on any atom is -0.507 e. The summed E-state index contributed by atoms with van der Waals surface area (Å²) >= 11 is 0. The van der Waals surface area contributed by atoms with Crippen molar-refractivity contribution in [2.45, 2.75) is 26.6 Å². The predicted molar refractivity (Wildman–Crippen MR) is 107 cm³/mol. The molecule has 2 aromatic heterocycles. The fourth-order valence-corrected chi connectivity index (χ4v) is 3.15. The monoisotopic (exact) mass is 430 g/mol. The van der Waals surface area contributed by atoms with Crippen LogP contribution < -0.4 is 10.4 Å². The molecular formula is C23H17F3O5. The lowest BCUT2D eigenvalue weighted by atomic mass is 10.1. The van der Waals surface area contributed by atoms with E-state index in [1.165, 1.54) is 19.1 Å². The number of benzene rings is 2. The van der Waals surface area contributed by atoms with E-state index in [9.17, 15) is 23.1 Å². The van der Waals surface area contributed by atoms with Crippen LogP contribution in [0.4, 0.5) is 13.2 Å². The van der Waals surface area contributed by atoms with Crippen LogP contribution in [0, 0.1) is 13.8 Å². The SMILES string of the molecule is Cc1c(-c2cc3cc(OCc4ccc(C(F)(F)F)cc4)ccc3o2)oc(=O)c(C)c1O. The first-order valence-electron chi connectivity index (χ1n) is 9.29. The summed E-state index contributed by atoms with van der Waals surface area (Å²) in [6.45, 7) is 3.18. The second-order valence-corrected chi connectivity index (χ2v) is 7.11. The molecule has 0 unspecified atom stereocenters. The standard InChI is InChI=1S/C23H17F3O5/c1-12-20(27)13(2)22(28)31-21(12)19-10-15-9-17(7-8-18(15)30-19)29-11-14-3-5-16(6-4-14)23(24,25)26/h3-10,27H,11H2,1-2H3. The Morgan fingerprint density at radius 1 is 0.968 bits per heavy atom. The van der Waals surface area contributed by atoms with Gasteiger partial charge in [0.25, 0.3) is 0 Å². The van der Waals surface area contributed by atoms with Gasteiger partial charge in [-0.25, -0.2) is 4.79 Å². The maximum Gasteiger partial charge on any atom is 0.416 e. The van der Waals surface area contributed by atoms with Gasteiger partial charge in [0.1, 0.15) is 23.7 Å². The van der Waals surface area contributed by atoms with E-state index in [4.69, 9.17) is 13.6 Å². The van der Waals surface area contributed by atoms with E-state index in [0.29, 0.717) is 27.8 Å². The van der Waals surface area contributed by atoms with Crippen molar-refractivity contribution in [3.05, 3.63) is 81.2 Å². The molecule has 4 rings (SSSR count). The highest BCUT2D eigenvalue weighted by molar-refractivity contribution is 5.84. The number of hydrogen-bond acceptors (Lipinski definition) is 5. The molecule has 0 fully saturated rings. The number of hydrogen-bond donors (Lipinski definition) is 1. The summed E-state index contributed by atoms with van der Waals surface area (Å²) in [6.07, 6.45) is -4.38. The van der Waals surface area contributed by atoms with Crippen molar-refractivity contribution in [3.8, 4) is 23.0 Å². The van der Waals surface area contributed by atoms with E-state index in [1.54, 1.807) is 31.2 Å². The summed E-state index contributed by atoms with van der Waals surface area (Å²) in [4.78, 5) is 11.9. The maximum absolute atomic E-state index is 12.7. The van der Waals surface area contributed by atoms with Crippen LogP contribution >= 0.6 is 0 Å². The molecule has 31 heavy (non-hydrogen) atoms. The summed E-state index contributed by atoms with van der Waals surface area (Å²) in [6, 6.07) is 11.4. The Labute approximate surface area is 174 Å². The van der Waals surface area contributed by atoms with Gasteiger partial charge < -0.3 is 18.7 Å². The van der Waals surface area contributed by atoms with Crippen LogP contribution in [0.15, 0.2) is 62.2 Å². The van der Waals surface area contributed by atoms with Gasteiger partial charge >= 0.3 is 11.8 Å². The highest BCUT2D eigenvalue weighted by Gasteiger charge is 2.29. The first kappa shape index (κ1) is 20.6. The number of halogens is 3. The molecule has 160 valence electrons.